The highest BCUT2D eigenvalue weighted by atomic mass is 16.2. The summed E-state index contributed by atoms with van der Waals surface area (Å²) in [5, 5.41) is 5.71. The van der Waals surface area contributed by atoms with Crippen molar-refractivity contribution < 1.29 is 9.59 Å². The zero-order valence-corrected chi connectivity index (χ0v) is 12.4. The molecule has 0 aliphatic rings. The van der Waals surface area contributed by atoms with Gasteiger partial charge in [-0.2, -0.15) is 0 Å². The molecule has 0 aromatic heterocycles. The summed E-state index contributed by atoms with van der Waals surface area (Å²) in [7, 11) is 0. The summed E-state index contributed by atoms with van der Waals surface area (Å²) in [5.41, 5.74) is 2.07. The Bertz CT molecular complexity index is 444. The number of carbonyl (C=O) groups is 2. The average molecular weight is 276 g/mol. The first-order valence-corrected chi connectivity index (χ1v) is 7.25. The number of rotatable bonds is 8. The van der Waals surface area contributed by atoms with Gasteiger partial charge in [0.1, 0.15) is 0 Å². The van der Waals surface area contributed by atoms with Crippen LogP contribution in [0, 0.1) is 0 Å². The van der Waals surface area contributed by atoms with Crippen molar-refractivity contribution in [1.29, 1.82) is 0 Å². The van der Waals surface area contributed by atoms with Crippen molar-refractivity contribution >= 4 is 17.5 Å². The van der Waals surface area contributed by atoms with Gasteiger partial charge in [-0.3, -0.25) is 9.59 Å². The van der Waals surface area contributed by atoms with E-state index in [2.05, 4.69) is 17.6 Å². The molecule has 2 N–H and O–H groups in total. The van der Waals surface area contributed by atoms with Gasteiger partial charge in [-0.15, -0.1) is 0 Å². The predicted molar refractivity (Wildman–Crippen MR) is 81.6 cm³/mol. The molecule has 0 bridgehead atoms. The molecule has 0 heterocycles. The largest absolute Gasteiger partial charge is 0.356 e. The zero-order valence-electron chi connectivity index (χ0n) is 12.4. The molecule has 0 aliphatic heterocycles. The van der Waals surface area contributed by atoms with E-state index in [0.717, 1.165) is 36.9 Å². The van der Waals surface area contributed by atoms with Crippen molar-refractivity contribution in [2.45, 2.75) is 46.0 Å². The Kier molecular flexibility index (Phi) is 7.40. The van der Waals surface area contributed by atoms with Crippen LogP contribution in [0.4, 0.5) is 5.69 Å². The highest BCUT2D eigenvalue weighted by Crippen LogP contribution is 2.16. The summed E-state index contributed by atoms with van der Waals surface area (Å²) >= 11 is 0. The Balaban J connectivity index is 2.22. The van der Waals surface area contributed by atoms with Gasteiger partial charge in [0, 0.05) is 25.6 Å². The molecule has 110 valence electrons. The number of nitrogens with one attached hydrogen (secondary N) is 2. The normalized spacial score (nSPS) is 10.1. The van der Waals surface area contributed by atoms with Crippen LogP contribution in [0.15, 0.2) is 24.3 Å². The lowest BCUT2D eigenvalue weighted by molar-refractivity contribution is -0.119. The van der Waals surface area contributed by atoms with Crippen LogP contribution in [0.3, 0.4) is 0 Å². The minimum atomic E-state index is -0.00100. The molecule has 1 rings (SSSR count). The van der Waals surface area contributed by atoms with Gasteiger partial charge in [0.15, 0.2) is 0 Å². The van der Waals surface area contributed by atoms with Gasteiger partial charge in [-0.05, 0) is 30.9 Å². The van der Waals surface area contributed by atoms with Crippen molar-refractivity contribution in [1.82, 2.24) is 5.32 Å². The van der Waals surface area contributed by atoms with Gasteiger partial charge in [0.25, 0.3) is 0 Å². The topological polar surface area (TPSA) is 58.2 Å². The number of carbonyl (C=O) groups excluding carboxylic acids is 2. The van der Waals surface area contributed by atoms with Crippen LogP contribution in [0.5, 0.6) is 0 Å². The smallest absolute Gasteiger partial charge is 0.224 e. The van der Waals surface area contributed by atoms with E-state index in [9.17, 15) is 9.59 Å². The Hall–Kier alpha value is -1.84. The molecule has 1 aromatic rings. The fourth-order valence-electron chi connectivity index (χ4n) is 2.02. The van der Waals surface area contributed by atoms with Crippen molar-refractivity contribution in [2.24, 2.45) is 0 Å². The summed E-state index contributed by atoms with van der Waals surface area (Å²) in [5.74, 6) is 0.0596. The Morgan fingerprint density at radius 1 is 1.10 bits per heavy atom. The molecule has 0 saturated carbocycles. The first kappa shape index (κ1) is 16.2. The quantitative estimate of drug-likeness (QED) is 0.717. The molecule has 0 spiro atoms. The molecule has 0 atom stereocenters. The van der Waals surface area contributed by atoms with Crippen LogP contribution in [0.2, 0.25) is 0 Å². The number of hydrogen-bond acceptors (Lipinski definition) is 2. The maximum Gasteiger partial charge on any atom is 0.224 e. The van der Waals surface area contributed by atoms with E-state index in [4.69, 9.17) is 0 Å². The van der Waals surface area contributed by atoms with Crippen LogP contribution in [0.1, 0.15) is 45.1 Å². The second kappa shape index (κ2) is 9.13. The standard InChI is InChI=1S/C16H24N2O2/c1-3-14-9-6-7-10-15(14)18-16(20)11-5-4-8-12-17-13(2)19/h6-7,9-10H,3-5,8,11-12H2,1-2H3,(H,17,19)(H,18,20). The van der Waals surface area contributed by atoms with E-state index in [-0.39, 0.29) is 11.8 Å². The Morgan fingerprint density at radius 2 is 1.85 bits per heavy atom. The Morgan fingerprint density at radius 3 is 2.55 bits per heavy atom. The van der Waals surface area contributed by atoms with Gasteiger partial charge in [-0.1, -0.05) is 31.5 Å². The van der Waals surface area contributed by atoms with Crippen LogP contribution < -0.4 is 10.6 Å². The summed E-state index contributed by atoms with van der Waals surface area (Å²) in [6.45, 7) is 4.28. The second-order valence-electron chi connectivity index (χ2n) is 4.85. The zero-order chi connectivity index (χ0) is 14.8. The minimum absolute atomic E-state index is 0.00100. The van der Waals surface area contributed by atoms with E-state index in [1.807, 2.05) is 24.3 Å². The minimum Gasteiger partial charge on any atom is -0.356 e. The molecular formula is C16H24N2O2. The number of benzene rings is 1. The van der Waals surface area contributed by atoms with Crippen LogP contribution in [-0.4, -0.2) is 18.4 Å². The number of para-hydroxylation sites is 1. The monoisotopic (exact) mass is 276 g/mol. The van der Waals surface area contributed by atoms with Gasteiger partial charge in [-0.25, -0.2) is 0 Å². The Labute approximate surface area is 121 Å². The molecule has 2 amide bonds. The van der Waals surface area contributed by atoms with E-state index in [0.29, 0.717) is 13.0 Å². The maximum atomic E-state index is 11.8. The van der Waals surface area contributed by atoms with Gasteiger partial charge in [0.05, 0.1) is 0 Å². The third-order valence-corrected chi connectivity index (χ3v) is 3.13. The number of unbranched alkanes of at least 4 members (excludes halogenated alkanes) is 2. The third kappa shape index (κ3) is 6.36. The highest BCUT2D eigenvalue weighted by molar-refractivity contribution is 5.91. The number of aryl methyl sites for hydroxylation is 1. The summed E-state index contributed by atoms with van der Waals surface area (Å²) in [6.07, 6.45) is 4.15. The molecule has 4 nitrogen and oxygen atoms in total. The third-order valence-electron chi connectivity index (χ3n) is 3.13. The van der Waals surface area contributed by atoms with Crippen LogP contribution in [0.25, 0.3) is 0 Å². The van der Waals surface area contributed by atoms with E-state index in [1.54, 1.807) is 0 Å². The second-order valence-corrected chi connectivity index (χ2v) is 4.85. The lowest BCUT2D eigenvalue weighted by Crippen LogP contribution is -2.20. The lowest BCUT2D eigenvalue weighted by Gasteiger charge is -2.09. The molecule has 4 heteroatoms. The highest BCUT2D eigenvalue weighted by Gasteiger charge is 2.05. The summed E-state index contributed by atoms with van der Waals surface area (Å²) in [4.78, 5) is 22.5. The van der Waals surface area contributed by atoms with Crippen molar-refractivity contribution in [2.75, 3.05) is 11.9 Å². The van der Waals surface area contributed by atoms with E-state index in [1.165, 1.54) is 6.92 Å². The molecule has 0 fully saturated rings. The van der Waals surface area contributed by atoms with Crippen LogP contribution >= 0.6 is 0 Å². The van der Waals surface area contributed by atoms with Gasteiger partial charge >= 0.3 is 0 Å². The number of hydrogen-bond donors (Lipinski definition) is 2. The lowest BCUT2D eigenvalue weighted by atomic mass is 10.1. The van der Waals surface area contributed by atoms with Crippen molar-refractivity contribution in [3.8, 4) is 0 Å². The first-order chi connectivity index (χ1) is 9.63. The van der Waals surface area contributed by atoms with Gasteiger partial charge < -0.3 is 10.6 Å². The predicted octanol–water partition coefficient (Wildman–Crippen LogP) is 2.88. The fourth-order valence-corrected chi connectivity index (χ4v) is 2.02. The number of amides is 2. The molecule has 20 heavy (non-hydrogen) atoms. The average Bonchev–Trinajstić information content (AvgIpc) is 2.43. The molecular weight excluding hydrogens is 252 g/mol. The molecule has 1 aromatic carbocycles. The first-order valence-electron chi connectivity index (χ1n) is 7.25. The van der Waals surface area contributed by atoms with Crippen molar-refractivity contribution in [3.63, 3.8) is 0 Å². The maximum absolute atomic E-state index is 11.8. The van der Waals surface area contributed by atoms with Crippen molar-refractivity contribution in [3.05, 3.63) is 29.8 Å². The van der Waals surface area contributed by atoms with Crippen LogP contribution in [-0.2, 0) is 16.0 Å². The van der Waals surface area contributed by atoms with Gasteiger partial charge in [0.2, 0.25) is 11.8 Å². The molecule has 0 aliphatic carbocycles. The molecule has 0 saturated heterocycles. The van der Waals surface area contributed by atoms with E-state index >= 15 is 0 Å². The number of anilines is 1. The fraction of sp³-hybridized carbons (Fsp3) is 0.500. The molecule has 0 unspecified atom stereocenters. The molecule has 0 radical (unpaired) electrons. The summed E-state index contributed by atoms with van der Waals surface area (Å²) in [6, 6.07) is 7.88. The summed E-state index contributed by atoms with van der Waals surface area (Å²) < 4.78 is 0. The SMILES string of the molecule is CCc1ccccc1NC(=O)CCCCCNC(C)=O. The van der Waals surface area contributed by atoms with E-state index < -0.39 is 0 Å².